The molecule has 84 valence electrons. The van der Waals surface area contributed by atoms with Gasteiger partial charge >= 0.3 is 5.82 Å². The molecule has 0 aliphatic rings. The molecule has 0 radical (unpaired) electrons. The van der Waals surface area contributed by atoms with Crippen molar-refractivity contribution in [2.75, 3.05) is 0 Å². The second kappa shape index (κ2) is 3.90. The van der Waals surface area contributed by atoms with Crippen LogP contribution in [-0.2, 0) is 13.0 Å². The Labute approximate surface area is 91.9 Å². The molecule has 0 saturated carbocycles. The fourth-order valence-electron chi connectivity index (χ4n) is 1.68. The van der Waals surface area contributed by atoms with Crippen molar-refractivity contribution in [2.24, 2.45) is 5.73 Å². The van der Waals surface area contributed by atoms with Gasteiger partial charge in [0.1, 0.15) is 5.52 Å². The summed E-state index contributed by atoms with van der Waals surface area (Å²) in [5.41, 5.74) is 6.97. The van der Waals surface area contributed by atoms with Crippen molar-refractivity contribution < 1.29 is 4.92 Å². The van der Waals surface area contributed by atoms with Gasteiger partial charge in [0.05, 0.1) is 0 Å². The summed E-state index contributed by atoms with van der Waals surface area (Å²) in [7, 11) is 0. The van der Waals surface area contributed by atoms with E-state index >= 15 is 0 Å². The third kappa shape index (κ3) is 1.53. The third-order valence-corrected chi connectivity index (χ3v) is 2.48. The monoisotopic (exact) mass is 220 g/mol. The lowest BCUT2D eigenvalue weighted by atomic mass is 10.2. The van der Waals surface area contributed by atoms with E-state index in [1.165, 1.54) is 0 Å². The first-order valence-electron chi connectivity index (χ1n) is 5.01. The first-order valence-corrected chi connectivity index (χ1v) is 5.01. The summed E-state index contributed by atoms with van der Waals surface area (Å²) in [6, 6.07) is 3.47. The van der Waals surface area contributed by atoms with Gasteiger partial charge in [-0.25, -0.2) is 0 Å². The van der Waals surface area contributed by atoms with Crippen molar-refractivity contribution in [3.63, 3.8) is 0 Å². The number of fused-ring (bicyclic) bond motifs is 1. The van der Waals surface area contributed by atoms with Crippen LogP contribution in [0.1, 0.15) is 18.3 Å². The maximum Gasteiger partial charge on any atom is 0.389 e. The summed E-state index contributed by atoms with van der Waals surface area (Å²) in [5.74, 6) is 0.581. The first kappa shape index (κ1) is 10.6. The molecule has 0 unspecified atom stereocenters. The van der Waals surface area contributed by atoms with Crippen LogP contribution in [-0.4, -0.2) is 14.3 Å². The largest absolute Gasteiger partial charge is 0.389 e. The lowest BCUT2D eigenvalue weighted by Gasteiger charge is -1.99. The molecule has 2 aromatic heterocycles. The minimum Gasteiger partial charge on any atom is -0.358 e. The Hall–Kier alpha value is -1.95. The highest BCUT2D eigenvalue weighted by Crippen LogP contribution is 2.21. The van der Waals surface area contributed by atoms with Gasteiger partial charge < -0.3 is 15.8 Å². The summed E-state index contributed by atoms with van der Waals surface area (Å²) in [6.07, 6.45) is 2.44. The highest BCUT2D eigenvalue weighted by Gasteiger charge is 2.20. The first-order chi connectivity index (χ1) is 7.67. The zero-order valence-corrected chi connectivity index (χ0v) is 8.88. The normalized spacial score (nSPS) is 10.9. The van der Waals surface area contributed by atoms with E-state index < -0.39 is 4.92 Å². The van der Waals surface area contributed by atoms with Crippen LogP contribution in [0.5, 0.6) is 0 Å². The number of rotatable bonds is 3. The van der Waals surface area contributed by atoms with Crippen LogP contribution in [0.15, 0.2) is 18.3 Å². The molecule has 0 atom stereocenters. The van der Waals surface area contributed by atoms with E-state index in [0.29, 0.717) is 24.3 Å². The van der Waals surface area contributed by atoms with E-state index in [9.17, 15) is 10.1 Å². The van der Waals surface area contributed by atoms with Gasteiger partial charge in [0, 0.05) is 19.2 Å². The van der Waals surface area contributed by atoms with E-state index in [-0.39, 0.29) is 5.82 Å². The van der Waals surface area contributed by atoms with E-state index in [0.717, 1.165) is 5.56 Å². The molecular weight excluding hydrogens is 208 g/mol. The quantitative estimate of drug-likeness (QED) is 0.623. The van der Waals surface area contributed by atoms with Gasteiger partial charge in [-0.05, 0) is 21.5 Å². The number of nitro groups is 1. The molecule has 2 N–H and O–H groups in total. The fourth-order valence-corrected chi connectivity index (χ4v) is 1.68. The maximum absolute atomic E-state index is 10.8. The summed E-state index contributed by atoms with van der Waals surface area (Å²) in [4.78, 5) is 14.3. The average Bonchev–Trinajstić information content (AvgIpc) is 2.66. The van der Waals surface area contributed by atoms with Gasteiger partial charge in [-0.15, -0.1) is 0 Å². The Morgan fingerprint density at radius 3 is 2.88 bits per heavy atom. The standard InChI is InChI=1S/C10H12N4O2/c1-2-9-12-10(14(15)16)8-4-3-7(5-11)6-13(8)9/h3-4,6H,2,5,11H2,1H3. The Kier molecular flexibility index (Phi) is 2.57. The third-order valence-electron chi connectivity index (χ3n) is 2.48. The molecular formula is C10H12N4O2. The van der Waals surface area contributed by atoms with Crippen molar-refractivity contribution in [2.45, 2.75) is 19.9 Å². The van der Waals surface area contributed by atoms with Gasteiger partial charge in [0.2, 0.25) is 5.82 Å². The SMILES string of the molecule is CCc1nc([N+](=O)[O-])c2ccc(CN)cn12. The number of nitrogens with zero attached hydrogens (tertiary/aromatic N) is 3. The summed E-state index contributed by atoms with van der Waals surface area (Å²) < 4.78 is 1.74. The minimum atomic E-state index is -0.462. The maximum atomic E-state index is 10.8. The molecule has 0 aromatic carbocycles. The smallest absolute Gasteiger partial charge is 0.358 e. The van der Waals surface area contributed by atoms with Crippen LogP contribution < -0.4 is 5.73 Å². The van der Waals surface area contributed by atoms with Gasteiger partial charge in [0.25, 0.3) is 0 Å². The molecule has 0 bridgehead atoms. The fraction of sp³-hybridized carbons (Fsp3) is 0.300. The van der Waals surface area contributed by atoms with Crippen molar-refractivity contribution in [3.8, 4) is 0 Å². The molecule has 6 heteroatoms. The van der Waals surface area contributed by atoms with E-state index in [1.54, 1.807) is 22.7 Å². The minimum absolute atomic E-state index is 0.0968. The molecule has 2 aromatic rings. The molecule has 2 heterocycles. The molecule has 0 amide bonds. The van der Waals surface area contributed by atoms with Crippen LogP contribution in [0.2, 0.25) is 0 Å². The number of imidazole rings is 1. The van der Waals surface area contributed by atoms with Crippen molar-refractivity contribution in [1.29, 1.82) is 0 Å². The number of aromatic nitrogens is 2. The Morgan fingerprint density at radius 1 is 1.56 bits per heavy atom. The molecule has 0 aliphatic carbocycles. The summed E-state index contributed by atoms with van der Waals surface area (Å²) >= 11 is 0. The molecule has 0 aliphatic heterocycles. The van der Waals surface area contributed by atoms with Crippen LogP contribution in [0.3, 0.4) is 0 Å². The second-order valence-electron chi connectivity index (χ2n) is 3.46. The van der Waals surface area contributed by atoms with E-state index in [2.05, 4.69) is 4.98 Å². The van der Waals surface area contributed by atoms with E-state index in [1.807, 2.05) is 6.92 Å². The lowest BCUT2D eigenvalue weighted by Crippen LogP contribution is -2.00. The van der Waals surface area contributed by atoms with Crippen molar-refractivity contribution >= 4 is 11.3 Å². The van der Waals surface area contributed by atoms with Crippen LogP contribution in [0.4, 0.5) is 5.82 Å². The number of hydrogen-bond donors (Lipinski definition) is 1. The molecule has 16 heavy (non-hydrogen) atoms. The van der Waals surface area contributed by atoms with Crippen LogP contribution in [0, 0.1) is 10.1 Å². The lowest BCUT2D eigenvalue weighted by molar-refractivity contribution is -0.387. The Balaban J connectivity index is 2.74. The average molecular weight is 220 g/mol. The molecule has 0 spiro atoms. The van der Waals surface area contributed by atoms with Crippen LogP contribution >= 0.6 is 0 Å². The summed E-state index contributed by atoms with van der Waals surface area (Å²) in [6.45, 7) is 2.32. The van der Waals surface area contributed by atoms with Crippen LogP contribution in [0.25, 0.3) is 5.52 Å². The highest BCUT2D eigenvalue weighted by molar-refractivity contribution is 5.62. The highest BCUT2D eigenvalue weighted by atomic mass is 16.6. The summed E-state index contributed by atoms with van der Waals surface area (Å²) in [5, 5.41) is 10.8. The predicted molar refractivity (Wildman–Crippen MR) is 59.1 cm³/mol. The van der Waals surface area contributed by atoms with Crippen molar-refractivity contribution in [3.05, 3.63) is 39.8 Å². The molecule has 2 rings (SSSR count). The molecule has 0 fully saturated rings. The van der Waals surface area contributed by atoms with Crippen molar-refractivity contribution in [1.82, 2.24) is 9.38 Å². The number of hydrogen-bond acceptors (Lipinski definition) is 4. The van der Waals surface area contributed by atoms with Gasteiger partial charge in [-0.1, -0.05) is 13.0 Å². The Bertz CT molecular complexity index is 547. The Morgan fingerprint density at radius 2 is 2.31 bits per heavy atom. The second-order valence-corrected chi connectivity index (χ2v) is 3.46. The molecule has 6 nitrogen and oxygen atoms in total. The van der Waals surface area contributed by atoms with E-state index in [4.69, 9.17) is 5.73 Å². The zero-order chi connectivity index (χ0) is 11.7. The number of nitrogens with two attached hydrogens (primary N) is 1. The topological polar surface area (TPSA) is 86.5 Å². The predicted octanol–water partition coefficient (Wildman–Crippen LogP) is 1.26. The number of pyridine rings is 1. The molecule has 0 saturated heterocycles. The van der Waals surface area contributed by atoms with Gasteiger partial charge in [0.15, 0.2) is 0 Å². The van der Waals surface area contributed by atoms with Gasteiger partial charge in [-0.2, -0.15) is 0 Å². The van der Waals surface area contributed by atoms with Gasteiger partial charge in [-0.3, -0.25) is 4.40 Å². The number of aryl methyl sites for hydroxylation is 1. The zero-order valence-electron chi connectivity index (χ0n) is 8.88.